The van der Waals surface area contributed by atoms with E-state index in [9.17, 15) is 4.39 Å². The second-order valence-electron chi connectivity index (χ2n) is 10.0. The van der Waals surface area contributed by atoms with Crippen LogP contribution in [0.5, 0.6) is 5.75 Å². The molecule has 0 amide bonds. The third-order valence-electron chi connectivity index (χ3n) is 6.83. The maximum atomic E-state index is 14.4. The van der Waals surface area contributed by atoms with Gasteiger partial charge < -0.3 is 4.74 Å². The van der Waals surface area contributed by atoms with Gasteiger partial charge in [-0.25, -0.2) is 4.39 Å². The Bertz CT molecular complexity index is 867. The Morgan fingerprint density at radius 1 is 0.871 bits per heavy atom. The number of ether oxygens (including phenoxy) is 1. The summed E-state index contributed by atoms with van der Waals surface area (Å²) in [6, 6.07) is 0. The summed E-state index contributed by atoms with van der Waals surface area (Å²) in [5.74, 6) is 0.864. The molecule has 0 aromatic heterocycles. The molecule has 0 radical (unpaired) electrons. The zero-order valence-electron chi connectivity index (χ0n) is 21.2. The lowest BCUT2D eigenvalue weighted by Crippen LogP contribution is -2.37. The van der Waals surface area contributed by atoms with E-state index in [1.54, 1.807) is 0 Å². The second-order valence-corrected chi connectivity index (χ2v) is 10.0. The van der Waals surface area contributed by atoms with Gasteiger partial charge in [0.15, 0.2) is 0 Å². The van der Waals surface area contributed by atoms with Crippen LogP contribution in [0, 0.1) is 26.6 Å². The Morgan fingerprint density at radius 3 is 2.06 bits per heavy atom. The fourth-order valence-electron chi connectivity index (χ4n) is 4.41. The summed E-state index contributed by atoms with van der Waals surface area (Å²) in [5.41, 5.74) is 7.69. The van der Waals surface area contributed by atoms with Crippen LogP contribution < -0.4 is 4.74 Å². The van der Waals surface area contributed by atoms with Gasteiger partial charge in [-0.3, -0.25) is 0 Å². The van der Waals surface area contributed by atoms with Crippen molar-refractivity contribution in [2.45, 2.75) is 112 Å². The summed E-state index contributed by atoms with van der Waals surface area (Å²) < 4.78 is 20.9. The molecular weight excluding hydrogens is 382 g/mol. The van der Waals surface area contributed by atoms with Crippen LogP contribution in [0.3, 0.4) is 0 Å². The van der Waals surface area contributed by atoms with Crippen molar-refractivity contribution in [3.05, 3.63) is 63.0 Å². The van der Waals surface area contributed by atoms with E-state index < -0.39 is 0 Å². The Hall–Kier alpha value is -1.83. The summed E-state index contributed by atoms with van der Waals surface area (Å²) in [7, 11) is 0. The number of fused-ring (bicyclic) bond motifs is 1. The molecule has 0 aliphatic carbocycles. The van der Waals surface area contributed by atoms with E-state index in [1.165, 1.54) is 16.7 Å². The Morgan fingerprint density at radius 2 is 1.45 bits per heavy atom. The summed E-state index contributed by atoms with van der Waals surface area (Å²) in [6.07, 6.45) is 15.5. The van der Waals surface area contributed by atoms with Crippen molar-refractivity contribution in [1.29, 1.82) is 0 Å². The Kier molecular flexibility index (Phi) is 9.15. The maximum absolute atomic E-state index is 14.4. The first-order valence-electron chi connectivity index (χ1n) is 12.0. The van der Waals surface area contributed by atoms with Gasteiger partial charge in [0.1, 0.15) is 17.2 Å². The number of hydrogen-bond donors (Lipinski definition) is 0. The van der Waals surface area contributed by atoms with Crippen molar-refractivity contribution < 1.29 is 9.13 Å². The van der Waals surface area contributed by atoms with Crippen LogP contribution in [0.4, 0.5) is 4.39 Å². The molecule has 1 aromatic rings. The smallest absolute Gasteiger partial charge is 0.129 e. The largest absolute Gasteiger partial charge is 0.487 e. The SMILES string of the molecule is CC(C)=CCC/C(C)=C/CC/C(C)=C/CC[C@]1(C)CCc2c(C)c([18F])c(C)c(C)c2O1. The van der Waals surface area contributed by atoms with Gasteiger partial charge in [-0.05, 0) is 123 Å². The third kappa shape index (κ3) is 7.09. The van der Waals surface area contributed by atoms with Crippen LogP contribution in [-0.4, -0.2) is 5.60 Å². The summed E-state index contributed by atoms with van der Waals surface area (Å²) in [4.78, 5) is 0. The number of halogens is 1. The van der Waals surface area contributed by atoms with E-state index in [4.69, 9.17) is 4.74 Å². The second kappa shape index (κ2) is 11.2. The highest BCUT2D eigenvalue weighted by Gasteiger charge is 2.34. The fraction of sp³-hybridized carbons (Fsp3) is 0.586. The number of benzene rings is 1. The monoisotopic (exact) mass is 425 g/mol. The Balaban J connectivity index is 1.88. The van der Waals surface area contributed by atoms with Gasteiger partial charge in [0.05, 0.1) is 0 Å². The van der Waals surface area contributed by atoms with E-state index >= 15 is 0 Å². The van der Waals surface area contributed by atoms with Gasteiger partial charge in [-0.2, -0.15) is 0 Å². The van der Waals surface area contributed by atoms with Crippen LogP contribution in [0.25, 0.3) is 0 Å². The fourth-order valence-corrected chi connectivity index (χ4v) is 4.41. The standard InChI is InChI=1S/C29H43FO/c1-20(2)12-9-13-21(3)14-10-15-22(4)16-11-18-29(8)19-17-26-25(7)27(30)23(5)24(6)28(26)31-29/h12,14,16H,9-11,13,15,17-19H2,1-8H3/b21-14+,22-16+/t29-/m1/s1/i30-1. The summed E-state index contributed by atoms with van der Waals surface area (Å²) >= 11 is 0. The van der Waals surface area contributed by atoms with E-state index in [0.717, 1.165) is 79.4 Å². The van der Waals surface area contributed by atoms with Gasteiger partial charge in [0.2, 0.25) is 0 Å². The van der Waals surface area contributed by atoms with Crippen molar-refractivity contribution in [2.75, 3.05) is 0 Å². The summed E-state index contributed by atoms with van der Waals surface area (Å²) in [6.45, 7) is 16.8. The van der Waals surface area contributed by atoms with Gasteiger partial charge >= 0.3 is 0 Å². The lowest BCUT2D eigenvalue weighted by atomic mass is 9.85. The van der Waals surface area contributed by atoms with Gasteiger partial charge in [0, 0.05) is 5.56 Å². The normalized spacial score (nSPS) is 19.1. The quantitative estimate of drug-likeness (QED) is 0.359. The molecule has 1 aromatic carbocycles. The average molecular weight is 426 g/mol. The molecule has 0 unspecified atom stereocenters. The number of allylic oxidation sites excluding steroid dienone is 6. The molecule has 2 rings (SSSR count). The minimum Gasteiger partial charge on any atom is -0.487 e. The molecule has 172 valence electrons. The summed E-state index contributed by atoms with van der Waals surface area (Å²) in [5, 5.41) is 0. The minimum atomic E-state index is -0.174. The Labute approximate surface area is 190 Å². The van der Waals surface area contributed by atoms with Crippen LogP contribution in [-0.2, 0) is 6.42 Å². The van der Waals surface area contributed by atoms with Crippen molar-refractivity contribution in [3.8, 4) is 5.75 Å². The topological polar surface area (TPSA) is 9.23 Å². The number of rotatable bonds is 9. The van der Waals surface area contributed by atoms with E-state index in [-0.39, 0.29) is 11.4 Å². The molecule has 0 N–H and O–H groups in total. The van der Waals surface area contributed by atoms with Crippen molar-refractivity contribution in [2.24, 2.45) is 0 Å². The van der Waals surface area contributed by atoms with Gasteiger partial charge in [-0.1, -0.05) is 34.9 Å². The average Bonchev–Trinajstić information content (AvgIpc) is 2.70. The molecule has 0 saturated carbocycles. The molecule has 1 aliphatic rings. The zero-order valence-corrected chi connectivity index (χ0v) is 21.2. The van der Waals surface area contributed by atoms with E-state index in [2.05, 4.69) is 52.8 Å². The van der Waals surface area contributed by atoms with Crippen LogP contribution in [0.15, 0.2) is 34.9 Å². The first-order chi connectivity index (χ1) is 14.5. The highest BCUT2D eigenvalue weighted by molar-refractivity contribution is 5.52. The van der Waals surface area contributed by atoms with Crippen LogP contribution in [0.2, 0.25) is 0 Å². The molecule has 2 heteroatoms. The zero-order chi connectivity index (χ0) is 23.2. The van der Waals surface area contributed by atoms with E-state index in [0.29, 0.717) is 0 Å². The third-order valence-corrected chi connectivity index (χ3v) is 6.83. The van der Waals surface area contributed by atoms with Gasteiger partial charge in [-0.15, -0.1) is 0 Å². The van der Waals surface area contributed by atoms with E-state index in [1.807, 2.05) is 20.8 Å². The van der Waals surface area contributed by atoms with Crippen molar-refractivity contribution in [3.63, 3.8) is 0 Å². The van der Waals surface area contributed by atoms with Crippen LogP contribution >= 0.6 is 0 Å². The molecule has 1 aliphatic heterocycles. The molecule has 1 atom stereocenters. The molecule has 0 saturated heterocycles. The predicted molar refractivity (Wildman–Crippen MR) is 133 cm³/mol. The first-order valence-corrected chi connectivity index (χ1v) is 12.0. The molecule has 31 heavy (non-hydrogen) atoms. The molecule has 0 fully saturated rings. The van der Waals surface area contributed by atoms with Gasteiger partial charge in [0.25, 0.3) is 0 Å². The van der Waals surface area contributed by atoms with Crippen LogP contribution in [0.1, 0.15) is 102 Å². The number of hydrogen-bond acceptors (Lipinski definition) is 1. The molecular formula is C29H43FO. The highest BCUT2D eigenvalue weighted by Crippen LogP contribution is 2.41. The lowest BCUT2D eigenvalue weighted by molar-refractivity contribution is 0.0557. The molecule has 1 nitrogen and oxygen atoms in total. The lowest BCUT2D eigenvalue weighted by Gasteiger charge is -2.38. The van der Waals surface area contributed by atoms with Crippen molar-refractivity contribution >= 4 is 0 Å². The highest BCUT2D eigenvalue weighted by atomic mass is 18.2. The molecule has 1 heterocycles. The first kappa shape index (κ1) is 25.4. The minimum absolute atomic E-state index is 0.0664. The predicted octanol–water partition coefficient (Wildman–Crippen LogP) is 9.03. The molecule has 0 spiro atoms. The molecule has 0 bridgehead atoms. The maximum Gasteiger partial charge on any atom is 0.129 e. The van der Waals surface area contributed by atoms with Crippen molar-refractivity contribution in [1.82, 2.24) is 0 Å².